The Morgan fingerprint density at radius 1 is 1.16 bits per heavy atom. The first kappa shape index (κ1) is 25.5. The van der Waals surface area contributed by atoms with E-state index in [0.717, 1.165) is 29.9 Å². The van der Waals surface area contributed by atoms with Gasteiger partial charge < -0.3 is 14.2 Å². The maximum absolute atomic E-state index is 12.4. The second kappa shape index (κ2) is 12.9. The normalized spacial score (nSPS) is 10.8. The summed E-state index contributed by atoms with van der Waals surface area (Å²) in [5, 5.41) is 26.8. The number of nitrogens with zero attached hydrogens (tertiary/aromatic N) is 5. The van der Waals surface area contributed by atoms with Crippen LogP contribution in [0.1, 0.15) is 50.1 Å². The summed E-state index contributed by atoms with van der Waals surface area (Å²) in [6.07, 6.45) is 2.72. The number of nitriles is 3. The Hall–Kier alpha value is -3.57. The molecule has 0 aliphatic rings. The number of carbonyl (C=O) groups is 2. The molecule has 1 heterocycles. The van der Waals surface area contributed by atoms with Crippen LogP contribution < -0.4 is 0 Å². The van der Waals surface area contributed by atoms with E-state index in [1.165, 1.54) is 11.0 Å². The average Bonchev–Trinajstić information content (AvgIpc) is 3.00. The highest BCUT2D eigenvalue weighted by molar-refractivity contribution is 5.99. The van der Waals surface area contributed by atoms with Gasteiger partial charge in [-0.3, -0.25) is 4.79 Å². The third kappa shape index (κ3) is 7.99. The van der Waals surface area contributed by atoms with Crippen LogP contribution in [-0.2, 0) is 20.9 Å². The zero-order valence-electron chi connectivity index (χ0n) is 18.6. The zero-order chi connectivity index (χ0) is 23.4. The van der Waals surface area contributed by atoms with Gasteiger partial charge >= 0.3 is 5.97 Å². The molecular formula is C23H29N5O3. The molecule has 1 aromatic rings. The lowest BCUT2D eigenvalue weighted by Crippen LogP contribution is -2.36. The summed E-state index contributed by atoms with van der Waals surface area (Å²) in [5.41, 5.74) is 2.55. The molecule has 0 unspecified atom stereocenters. The minimum atomic E-state index is -0.886. The van der Waals surface area contributed by atoms with E-state index in [4.69, 9.17) is 15.3 Å². The van der Waals surface area contributed by atoms with Crippen LogP contribution in [-0.4, -0.2) is 41.0 Å². The molecule has 1 rings (SSSR count). The average molecular weight is 424 g/mol. The van der Waals surface area contributed by atoms with Crippen molar-refractivity contribution in [3.8, 4) is 18.2 Å². The minimum absolute atomic E-state index is 0.112. The van der Waals surface area contributed by atoms with Gasteiger partial charge in [0.2, 0.25) is 0 Å². The smallest absolute Gasteiger partial charge is 0.349 e. The second-order valence-electron chi connectivity index (χ2n) is 7.60. The van der Waals surface area contributed by atoms with E-state index in [-0.39, 0.29) is 31.5 Å². The van der Waals surface area contributed by atoms with Crippen LogP contribution in [0.2, 0.25) is 0 Å². The molecule has 0 radical (unpaired) electrons. The molecule has 0 saturated carbocycles. The van der Waals surface area contributed by atoms with Crippen molar-refractivity contribution < 1.29 is 14.3 Å². The van der Waals surface area contributed by atoms with Crippen molar-refractivity contribution in [3.63, 3.8) is 0 Å². The first-order valence-electron chi connectivity index (χ1n) is 10.2. The van der Waals surface area contributed by atoms with Crippen LogP contribution in [0.15, 0.2) is 11.6 Å². The Labute approximate surface area is 183 Å². The molecule has 0 fully saturated rings. The lowest BCUT2D eigenvalue weighted by Gasteiger charge is -2.19. The van der Waals surface area contributed by atoms with Crippen LogP contribution in [0.4, 0.5) is 0 Å². The third-order valence-electron chi connectivity index (χ3n) is 4.85. The molecule has 0 bridgehead atoms. The van der Waals surface area contributed by atoms with Crippen molar-refractivity contribution in [2.45, 2.75) is 53.5 Å². The van der Waals surface area contributed by atoms with Crippen LogP contribution >= 0.6 is 0 Å². The van der Waals surface area contributed by atoms with E-state index in [1.54, 1.807) is 0 Å². The van der Waals surface area contributed by atoms with Crippen LogP contribution in [0.5, 0.6) is 0 Å². The van der Waals surface area contributed by atoms with Gasteiger partial charge in [0.1, 0.15) is 11.6 Å². The highest BCUT2D eigenvalue weighted by Crippen LogP contribution is 2.20. The quantitative estimate of drug-likeness (QED) is 0.306. The Kier molecular flexibility index (Phi) is 10.6. The SMILES string of the molecule is Cc1cc(/C=C(\C#N)C(=O)OCC(=O)N(CCC#N)CCC#N)c(C)n1CCC(C)C. The van der Waals surface area contributed by atoms with E-state index in [1.807, 2.05) is 38.1 Å². The van der Waals surface area contributed by atoms with Crippen LogP contribution in [0.25, 0.3) is 6.08 Å². The van der Waals surface area contributed by atoms with Crippen molar-refractivity contribution in [3.05, 3.63) is 28.6 Å². The van der Waals surface area contributed by atoms with Gasteiger partial charge in [0.25, 0.3) is 5.91 Å². The maximum Gasteiger partial charge on any atom is 0.349 e. The molecule has 1 amide bonds. The Bertz CT molecular complexity index is 920. The molecule has 1 aromatic heterocycles. The number of aryl methyl sites for hydroxylation is 1. The van der Waals surface area contributed by atoms with Gasteiger partial charge in [-0.15, -0.1) is 0 Å². The van der Waals surface area contributed by atoms with E-state index in [2.05, 4.69) is 18.4 Å². The number of esters is 1. The minimum Gasteiger partial charge on any atom is -0.451 e. The molecular weight excluding hydrogens is 394 g/mol. The second-order valence-corrected chi connectivity index (χ2v) is 7.60. The Morgan fingerprint density at radius 3 is 2.29 bits per heavy atom. The van der Waals surface area contributed by atoms with Gasteiger partial charge in [-0.05, 0) is 43.9 Å². The standard InChI is InChI=1S/C23H29N5O3/c1-17(2)7-12-28-18(3)13-20(19(28)4)14-21(15-26)23(30)31-16-22(29)27(10-5-8-24)11-6-9-25/h13-14,17H,5-7,10-12,16H2,1-4H3/b21-14+. The van der Waals surface area contributed by atoms with Gasteiger partial charge in [0.05, 0.1) is 25.0 Å². The van der Waals surface area contributed by atoms with E-state index < -0.39 is 18.5 Å². The van der Waals surface area contributed by atoms with Gasteiger partial charge in [-0.2, -0.15) is 15.8 Å². The summed E-state index contributed by atoms with van der Waals surface area (Å²) in [6.45, 7) is 8.82. The Morgan fingerprint density at radius 2 is 1.77 bits per heavy atom. The summed E-state index contributed by atoms with van der Waals surface area (Å²) >= 11 is 0. The van der Waals surface area contributed by atoms with E-state index in [9.17, 15) is 14.9 Å². The van der Waals surface area contributed by atoms with Crippen LogP contribution in [0.3, 0.4) is 0 Å². The maximum atomic E-state index is 12.4. The largest absolute Gasteiger partial charge is 0.451 e. The Balaban J connectivity index is 2.88. The molecule has 0 saturated heterocycles. The summed E-state index contributed by atoms with van der Waals surface area (Å²) in [7, 11) is 0. The summed E-state index contributed by atoms with van der Waals surface area (Å²) in [6, 6.07) is 7.63. The number of hydrogen-bond acceptors (Lipinski definition) is 6. The zero-order valence-corrected chi connectivity index (χ0v) is 18.6. The molecule has 31 heavy (non-hydrogen) atoms. The molecule has 0 aromatic carbocycles. The van der Waals surface area contributed by atoms with Crippen molar-refractivity contribution in [2.75, 3.05) is 19.7 Å². The van der Waals surface area contributed by atoms with Gasteiger partial charge in [-0.25, -0.2) is 4.79 Å². The molecule has 0 spiro atoms. The molecule has 0 N–H and O–H groups in total. The number of ether oxygens (including phenoxy) is 1. The third-order valence-corrected chi connectivity index (χ3v) is 4.85. The summed E-state index contributed by atoms with van der Waals surface area (Å²) in [4.78, 5) is 25.9. The predicted molar refractivity (Wildman–Crippen MR) is 115 cm³/mol. The highest BCUT2D eigenvalue weighted by atomic mass is 16.5. The van der Waals surface area contributed by atoms with Gasteiger partial charge in [-0.1, -0.05) is 13.8 Å². The molecule has 8 nitrogen and oxygen atoms in total. The predicted octanol–water partition coefficient (Wildman–Crippen LogP) is 3.26. The number of amides is 1. The van der Waals surface area contributed by atoms with Crippen molar-refractivity contribution in [1.82, 2.24) is 9.47 Å². The molecule has 164 valence electrons. The topological polar surface area (TPSA) is 123 Å². The number of carbonyl (C=O) groups excluding carboxylic acids is 2. The first-order valence-corrected chi connectivity index (χ1v) is 10.2. The molecule has 0 aliphatic carbocycles. The monoisotopic (exact) mass is 423 g/mol. The van der Waals surface area contributed by atoms with E-state index >= 15 is 0 Å². The fourth-order valence-corrected chi connectivity index (χ4v) is 3.03. The van der Waals surface area contributed by atoms with Crippen molar-refractivity contribution in [1.29, 1.82) is 15.8 Å². The van der Waals surface area contributed by atoms with E-state index in [0.29, 0.717) is 5.92 Å². The molecule has 0 aliphatic heterocycles. The molecule has 0 atom stereocenters. The van der Waals surface area contributed by atoms with Crippen molar-refractivity contribution >= 4 is 18.0 Å². The molecule has 8 heteroatoms. The van der Waals surface area contributed by atoms with Gasteiger partial charge in [0.15, 0.2) is 6.61 Å². The summed E-state index contributed by atoms with van der Waals surface area (Å²) in [5.74, 6) is -0.838. The number of aromatic nitrogens is 1. The fraction of sp³-hybridized carbons (Fsp3) is 0.522. The van der Waals surface area contributed by atoms with Gasteiger partial charge in [0, 0.05) is 31.0 Å². The lowest BCUT2D eigenvalue weighted by molar-refractivity contribution is -0.148. The summed E-state index contributed by atoms with van der Waals surface area (Å²) < 4.78 is 7.18. The number of hydrogen-bond donors (Lipinski definition) is 0. The fourth-order valence-electron chi connectivity index (χ4n) is 3.03. The number of rotatable bonds is 11. The highest BCUT2D eigenvalue weighted by Gasteiger charge is 2.18. The van der Waals surface area contributed by atoms with Crippen LogP contribution in [0, 0.1) is 53.8 Å². The van der Waals surface area contributed by atoms with Crippen molar-refractivity contribution in [2.24, 2.45) is 5.92 Å². The lowest BCUT2D eigenvalue weighted by atomic mass is 10.1. The first-order chi connectivity index (χ1) is 14.7.